The highest BCUT2D eigenvalue weighted by Gasteiger charge is 2.41. The van der Waals surface area contributed by atoms with E-state index in [9.17, 15) is 17.4 Å². The van der Waals surface area contributed by atoms with Gasteiger partial charge in [0.1, 0.15) is 0 Å². The van der Waals surface area contributed by atoms with Crippen molar-refractivity contribution in [2.24, 2.45) is 10.9 Å². The first-order chi connectivity index (χ1) is 12.9. The number of rotatable bonds is 7. The van der Waals surface area contributed by atoms with Crippen LogP contribution < -0.4 is 10.6 Å². The Labute approximate surface area is 184 Å². The number of halogens is 4. The Morgan fingerprint density at radius 2 is 1.82 bits per heavy atom. The third-order valence-corrected chi connectivity index (χ3v) is 5.93. The number of hydrogen-bond acceptors (Lipinski definition) is 2. The first kappa shape index (κ1) is 25.2. The van der Waals surface area contributed by atoms with Gasteiger partial charge in [0, 0.05) is 34.9 Å². The Hall–Kier alpha value is -0.840. The van der Waals surface area contributed by atoms with Crippen LogP contribution in [0.25, 0.3) is 0 Å². The second-order valence-electron chi connectivity index (χ2n) is 6.77. The highest BCUT2D eigenvalue weighted by molar-refractivity contribution is 14.0. The second kappa shape index (κ2) is 12.7. The van der Waals surface area contributed by atoms with Crippen LogP contribution in [0.5, 0.6) is 0 Å². The Kier molecular flexibility index (Phi) is 11.4. The van der Waals surface area contributed by atoms with Crippen LogP contribution in [-0.2, 0) is 16.6 Å². The lowest BCUT2D eigenvalue weighted by molar-refractivity contribution is -0.182. The largest absolute Gasteiger partial charge is 0.391 e. The molecule has 0 aromatic heterocycles. The molecule has 4 nitrogen and oxygen atoms in total. The third-order valence-electron chi connectivity index (χ3n) is 4.63. The van der Waals surface area contributed by atoms with Crippen molar-refractivity contribution in [1.29, 1.82) is 0 Å². The van der Waals surface area contributed by atoms with Gasteiger partial charge in [0.25, 0.3) is 0 Å². The minimum atomic E-state index is -4.09. The zero-order valence-corrected chi connectivity index (χ0v) is 19.2. The molecule has 1 aromatic rings. The Morgan fingerprint density at radius 3 is 2.39 bits per heavy atom. The molecule has 9 heteroatoms. The molecule has 1 aliphatic carbocycles. The van der Waals surface area contributed by atoms with Gasteiger partial charge in [-0.2, -0.15) is 13.2 Å². The van der Waals surface area contributed by atoms with Crippen molar-refractivity contribution < 1.29 is 17.4 Å². The van der Waals surface area contributed by atoms with E-state index in [4.69, 9.17) is 0 Å². The van der Waals surface area contributed by atoms with Crippen LogP contribution in [0.4, 0.5) is 13.2 Å². The number of alkyl halides is 3. The Balaban J connectivity index is 0.00000392. The quantitative estimate of drug-likeness (QED) is 0.315. The molecule has 1 saturated carbocycles. The van der Waals surface area contributed by atoms with Crippen molar-refractivity contribution in [2.75, 3.05) is 18.8 Å². The molecule has 0 saturated heterocycles. The molecule has 0 heterocycles. The fourth-order valence-corrected chi connectivity index (χ4v) is 4.17. The molecule has 1 aromatic carbocycles. The summed E-state index contributed by atoms with van der Waals surface area (Å²) in [6.45, 7) is 3.01. The lowest BCUT2D eigenvalue weighted by Gasteiger charge is -2.31. The summed E-state index contributed by atoms with van der Waals surface area (Å²) < 4.78 is 50.5. The van der Waals surface area contributed by atoms with E-state index in [0.717, 1.165) is 5.56 Å². The van der Waals surface area contributed by atoms with E-state index in [1.165, 1.54) is 0 Å². The van der Waals surface area contributed by atoms with Gasteiger partial charge in [-0.15, -0.1) is 24.0 Å². The minimum absolute atomic E-state index is 0. The van der Waals surface area contributed by atoms with Crippen molar-refractivity contribution in [3.63, 3.8) is 0 Å². The molecule has 160 valence electrons. The fraction of sp³-hybridized carbons (Fsp3) is 0.632. The molecule has 2 N–H and O–H groups in total. The van der Waals surface area contributed by atoms with Crippen LogP contribution in [0.1, 0.15) is 38.2 Å². The standard InChI is InChI=1S/C19H28F3N3OS.HI/c1-2-23-18(25-17-10-8-16(9-11-17)19(20,21)22)24-12-13-27(26)14-15-6-4-3-5-7-15;/h3-7,16-17H,2,8-14H2,1H3,(H2,23,24,25);1H. The number of hydrogen-bond donors (Lipinski definition) is 2. The van der Waals surface area contributed by atoms with Crippen LogP contribution in [0.3, 0.4) is 0 Å². The van der Waals surface area contributed by atoms with Gasteiger partial charge in [-0.3, -0.25) is 9.20 Å². The average molecular weight is 531 g/mol. The Morgan fingerprint density at radius 1 is 1.18 bits per heavy atom. The van der Waals surface area contributed by atoms with Crippen LogP contribution in [0.2, 0.25) is 0 Å². The minimum Gasteiger partial charge on any atom is -0.357 e. The highest BCUT2D eigenvalue weighted by Crippen LogP contribution is 2.37. The predicted molar refractivity (Wildman–Crippen MR) is 119 cm³/mol. The zero-order chi connectivity index (χ0) is 19.7. The maximum absolute atomic E-state index is 12.8. The van der Waals surface area contributed by atoms with Gasteiger partial charge < -0.3 is 10.6 Å². The molecule has 1 aliphatic rings. The van der Waals surface area contributed by atoms with E-state index >= 15 is 0 Å². The van der Waals surface area contributed by atoms with E-state index in [1.807, 2.05) is 37.3 Å². The molecular weight excluding hydrogens is 502 g/mol. The SMILES string of the molecule is CCNC(=NCCS(=O)Cc1ccccc1)NC1CCC(C(F)(F)F)CC1.I. The molecule has 0 bridgehead atoms. The molecule has 28 heavy (non-hydrogen) atoms. The van der Waals surface area contributed by atoms with Gasteiger partial charge in [-0.05, 0) is 38.2 Å². The predicted octanol–water partition coefficient (Wildman–Crippen LogP) is 4.23. The summed E-state index contributed by atoms with van der Waals surface area (Å²) in [5.74, 6) is 0.355. The van der Waals surface area contributed by atoms with Gasteiger partial charge in [-0.1, -0.05) is 30.3 Å². The molecule has 1 atom stereocenters. The summed E-state index contributed by atoms with van der Waals surface area (Å²) in [4.78, 5) is 4.44. The van der Waals surface area contributed by atoms with E-state index in [1.54, 1.807) is 0 Å². The van der Waals surface area contributed by atoms with E-state index in [-0.39, 0.29) is 42.9 Å². The van der Waals surface area contributed by atoms with Gasteiger partial charge in [-0.25, -0.2) is 0 Å². The summed E-state index contributed by atoms with van der Waals surface area (Å²) in [5, 5.41) is 6.34. The number of aliphatic imine (C=N–C) groups is 1. The number of benzene rings is 1. The van der Waals surface area contributed by atoms with E-state index < -0.39 is 22.9 Å². The summed E-state index contributed by atoms with van der Waals surface area (Å²) in [6, 6.07) is 9.66. The summed E-state index contributed by atoms with van der Waals surface area (Å²) in [7, 11) is -1.00. The van der Waals surface area contributed by atoms with Crippen LogP contribution in [0, 0.1) is 5.92 Å². The number of nitrogens with zero attached hydrogens (tertiary/aromatic N) is 1. The Bertz CT molecular complexity index is 621. The molecule has 0 aliphatic heterocycles. The lowest BCUT2D eigenvalue weighted by Crippen LogP contribution is -2.46. The summed E-state index contributed by atoms with van der Waals surface area (Å²) in [6.07, 6.45) is -2.82. The molecule has 0 spiro atoms. The van der Waals surface area contributed by atoms with Gasteiger partial charge >= 0.3 is 6.18 Å². The summed E-state index contributed by atoms with van der Waals surface area (Å²) >= 11 is 0. The van der Waals surface area contributed by atoms with Crippen molar-refractivity contribution in [2.45, 2.75) is 50.6 Å². The van der Waals surface area contributed by atoms with Crippen molar-refractivity contribution >= 4 is 40.7 Å². The maximum atomic E-state index is 12.8. The number of nitrogens with one attached hydrogen (secondary N) is 2. The monoisotopic (exact) mass is 531 g/mol. The molecule has 1 fully saturated rings. The van der Waals surface area contributed by atoms with E-state index in [2.05, 4.69) is 15.6 Å². The molecule has 1 unspecified atom stereocenters. The number of guanidine groups is 1. The second-order valence-corrected chi connectivity index (χ2v) is 8.35. The van der Waals surface area contributed by atoms with E-state index in [0.29, 0.717) is 43.4 Å². The van der Waals surface area contributed by atoms with Crippen LogP contribution in [-0.4, -0.2) is 41.2 Å². The van der Waals surface area contributed by atoms with Gasteiger partial charge in [0.15, 0.2) is 5.96 Å². The van der Waals surface area contributed by atoms with Crippen molar-refractivity contribution in [3.8, 4) is 0 Å². The summed E-state index contributed by atoms with van der Waals surface area (Å²) in [5.41, 5.74) is 1.03. The van der Waals surface area contributed by atoms with Gasteiger partial charge in [0.2, 0.25) is 0 Å². The third kappa shape index (κ3) is 9.11. The molecule has 0 radical (unpaired) electrons. The molecule has 0 amide bonds. The molecular formula is C19H29F3IN3OS. The zero-order valence-electron chi connectivity index (χ0n) is 16.0. The fourth-order valence-electron chi connectivity index (χ4n) is 3.17. The van der Waals surface area contributed by atoms with Gasteiger partial charge in [0.05, 0.1) is 12.5 Å². The smallest absolute Gasteiger partial charge is 0.357 e. The van der Waals surface area contributed by atoms with Crippen molar-refractivity contribution in [1.82, 2.24) is 10.6 Å². The van der Waals surface area contributed by atoms with Crippen molar-refractivity contribution in [3.05, 3.63) is 35.9 Å². The highest BCUT2D eigenvalue weighted by atomic mass is 127. The maximum Gasteiger partial charge on any atom is 0.391 e. The molecule has 2 rings (SSSR count). The van der Waals surface area contributed by atoms with Crippen LogP contribution in [0.15, 0.2) is 35.3 Å². The lowest BCUT2D eigenvalue weighted by atomic mass is 9.85. The topological polar surface area (TPSA) is 53.5 Å². The van der Waals surface area contributed by atoms with Crippen LogP contribution >= 0.6 is 24.0 Å². The first-order valence-electron chi connectivity index (χ1n) is 9.39. The average Bonchev–Trinajstić information content (AvgIpc) is 2.62. The normalized spacial score (nSPS) is 21.5. The first-order valence-corrected chi connectivity index (χ1v) is 10.9.